The van der Waals surface area contributed by atoms with Crippen LogP contribution in [0.1, 0.15) is 10.4 Å². The maximum absolute atomic E-state index is 13.6. The molecule has 9 heteroatoms. The Balaban J connectivity index is 1.35. The van der Waals surface area contributed by atoms with Crippen LogP contribution in [0.2, 0.25) is 0 Å². The van der Waals surface area contributed by atoms with E-state index in [4.69, 9.17) is 13.9 Å². The molecule has 0 aliphatic heterocycles. The van der Waals surface area contributed by atoms with E-state index < -0.39 is 36.8 Å². The largest absolute Gasteiger partial charge is 0.495 e. The number of hydrogen-bond donors (Lipinski definition) is 2. The van der Waals surface area contributed by atoms with E-state index in [2.05, 4.69) is 10.6 Å². The molecule has 0 saturated heterocycles. The van der Waals surface area contributed by atoms with Gasteiger partial charge in [-0.3, -0.25) is 14.4 Å². The first-order valence-corrected chi connectivity index (χ1v) is 9.93. The standard InChI is InChI=1S/C24H19FN2O6/c1-31-21-10-16-14-6-3-5-9-19(14)33-20(16)11-18(21)27-22(28)13-32-23(29)12-26-24(30)15-7-2-4-8-17(15)25/h2-11H,12-13H2,1H3,(H,26,30)(H,27,28). The van der Waals surface area contributed by atoms with Gasteiger partial charge in [-0.15, -0.1) is 0 Å². The first-order valence-electron chi connectivity index (χ1n) is 9.93. The monoisotopic (exact) mass is 450 g/mol. The van der Waals surface area contributed by atoms with E-state index in [0.29, 0.717) is 22.6 Å². The topological polar surface area (TPSA) is 107 Å². The van der Waals surface area contributed by atoms with Gasteiger partial charge in [0.05, 0.1) is 18.4 Å². The molecule has 0 atom stereocenters. The molecule has 0 bridgehead atoms. The second kappa shape index (κ2) is 9.39. The summed E-state index contributed by atoms with van der Waals surface area (Å²) in [5.41, 5.74) is 1.40. The fourth-order valence-corrected chi connectivity index (χ4v) is 3.29. The van der Waals surface area contributed by atoms with Gasteiger partial charge in [0.1, 0.15) is 29.3 Å². The molecule has 168 valence electrons. The molecule has 0 aliphatic carbocycles. The number of ether oxygens (including phenoxy) is 2. The number of para-hydroxylation sites is 1. The van der Waals surface area contributed by atoms with Crippen LogP contribution in [0.15, 0.2) is 65.1 Å². The number of anilines is 1. The van der Waals surface area contributed by atoms with Gasteiger partial charge in [0, 0.05) is 16.8 Å². The zero-order valence-electron chi connectivity index (χ0n) is 17.5. The Morgan fingerprint density at radius 3 is 2.52 bits per heavy atom. The van der Waals surface area contributed by atoms with E-state index in [9.17, 15) is 18.8 Å². The van der Waals surface area contributed by atoms with Crippen molar-refractivity contribution in [3.63, 3.8) is 0 Å². The van der Waals surface area contributed by atoms with E-state index in [1.807, 2.05) is 24.3 Å². The molecule has 1 aromatic heterocycles. The first-order chi connectivity index (χ1) is 16.0. The van der Waals surface area contributed by atoms with Crippen molar-refractivity contribution in [3.8, 4) is 5.75 Å². The Kier molecular flexibility index (Phi) is 6.21. The Morgan fingerprint density at radius 2 is 1.73 bits per heavy atom. The van der Waals surface area contributed by atoms with Gasteiger partial charge in [-0.25, -0.2) is 4.39 Å². The van der Waals surface area contributed by atoms with Gasteiger partial charge < -0.3 is 24.5 Å². The average molecular weight is 450 g/mol. The fraction of sp³-hybridized carbons (Fsp3) is 0.125. The predicted molar refractivity (Wildman–Crippen MR) is 119 cm³/mol. The van der Waals surface area contributed by atoms with E-state index in [1.165, 1.54) is 25.3 Å². The van der Waals surface area contributed by atoms with Gasteiger partial charge in [-0.2, -0.15) is 0 Å². The Labute approximate surface area is 187 Å². The van der Waals surface area contributed by atoms with Crippen LogP contribution in [-0.4, -0.2) is 38.0 Å². The minimum Gasteiger partial charge on any atom is -0.495 e. The molecule has 0 fully saturated rings. The van der Waals surface area contributed by atoms with E-state index in [1.54, 1.807) is 12.1 Å². The summed E-state index contributed by atoms with van der Waals surface area (Å²) in [5, 5.41) is 6.60. The number of esters is 1. The van der Waals surface area contributed by atoms with Gasteiger partial charge in [-0.1, -0.05) is 30.3 Å². The number of carbonyl (C=O) groups is 3. The third-order valence-corrected chi connectivity index (χ3v) is 4.85. The molecule has 4 rings (SSSR count). The molecular formula is C24H19FN2O6. The third-order valence-electron chi connectivity index (χ3n) is 4.85. The molecule has 0 aliphatic rings. The summed E-state index contributed by atoms with van der Waals surface area (Å²) in [4.78, 5) is 36.1. The number of fused-ring (bicyclic) bond motifs is 3. The van der Waals surface area contributed by atoms with Crippen molar-refractivity contribution in [2.45, 2.75) is 0 Å². The average Bonchev–Trinajstić information content (AvgIpc) is 3.18. The summed E-state index contributed by atoms with van der Waals surface area (Å²) in [6.07, 6.45) is 0. The van der Waals surface area contributed by atoms with Gasteiger partial charge in [-0.05, 0) is 24.3 Å². The Morgan fingerprint density at radius 1 is 0.970 bits per heavy atom. The van der Waals surface area contributed by atoms with Crippen molar-refractivity contribution in [3.05, 3.63) is 72.0 Å². The van der Waals surface area contributed by atoms with E-state index in [-0.39, 0.29) is 5.56 Å². The highest BCUT2D eigenvalue weighted by atomic mass is 19.1. The number of nitrogens with one attached hydrogen (secondary N) is 2. The number of hydrogen-bond acceptors (Lipinski definition) is 6. The van der Waals surface area contributed by atoms with Crippen LogP contribution in [0.5, 0.6) is 5.75 Å². The molecule has 8 nitrogen and oxygen atoms in total. The van der Waals surface area contributed by atoms with Crippen molar-refractivity contribution in [2.24, 2.45) is 0 Å². The molecule has 33 heavy (non-hydrogen) atoms. The predicted octanol–water partition coefficient (Wildman–Crippen LogP) is 3.65. The summed E-state index contributed by atoms with van der Waals surface area (Å²) in [6, 6.07) is 16.3. The first kappa shape index (κ1) is 21.8. The lowest BCUT2D eigenvalue weighted by Crippen LogP contribution is -2.32. The maximum atomic E-state index is 13.6. The number of halogens is 1. The lowest BCUT2D eigenvalue weighted by molar-refractivity contribution is -0.146. The van der Waals surface area contributed by atoms with Crippen molar-refractivity contribution >= 4 is 45.4 Å². The molecular weight excluding hydrogens is 431 g/mol. The van der Waals surface area contributed by atoms with Crippen molar-refractivity contribution < 1.29 is 32.7 Å². The molecule has 2 N–H and O–H groups in total. The summed E-state index contributed by atoms with van der Waals surface area (Å²) in [7, 11) is 1.47. The maximum Gasteiger partial charge on any atom is 0.325 e. The van der Waals surface area contributed by atoms with Crippen LogP contribution < -0.4 is 15.4 Å². The number of amides is 2. The molecule has 2 amide bonds. The molecule has 1 heterocycles. The van der Waals surface area contributed by atoms with Crippen LogP contribution >= 0.6 is 0 Å². The number of rotatable bonds is 7. The van der Waals surface area contributed by atoms with Crippen LogP contribution in [0, 0.1) is 5.82 Å². The number of methoxy groups -OCH3 is 1. The number of carbonyl (C=O) groups excluding carboxylic acids is 3. The van der Waals surface area contributed by atoms with Crippen molar-refractivity contribution in [1.29, 1.82) is 0 Å². The molecule has 0 radical (unpaired) electrons. The minimum absolute atomic E-state index is 0.198. The number of furan rings is 1. The molecule has 0 unspecified atom stereocenters. The van der Waals surface area contributed by atoms with Crippen LogP contribution in [-0.2, 0) is 14.3 Å². The summed E-state index contributed by atoms with van der Waals surface area (Å²) >= 11 is 0. The minimum atomic E-state index is -0.852. The van der Waals surface area contributed by atoms with Crippen LogP contribution in [0.25, 0.3) is 21.9 Å². The smallest absolute Gasteiger partial charge is 0.325 e. The molecule has 4 aromatic rings. The summed E-state index contributed by atoms with van der Waals surface area (Å²) < 4.78 is 29.7. The van der Waals surface area contributed by atoms with Gasteiger partial charge in [0.25, 0.3) is 11.8 Å². The second-order valence-corrected chi connectivity index (χ2v) is 7.02. The molecule has 0 spiro atoms. The van der Waals surface area contributed by atoms with Crippen molar-refractivity contribution in [1.82, 2.24) is 5.32 Å². The van der Waals surface area contributed by atoms with Crippen LogP contribution in [0.4, 0.5) is 10.1 Å². The highest BCUT2D eigenvalue weighted by Crippen LogP contribution is 2.36. The summed E-state index contributed by atoms with van der Waals surface area (Å²) in [5.74, 6) is -2.53. The van der Waals surface area contributed by atoms with E-state index >= 15 is 0 Å². The fourth-order valence-electron chi connectivity index (χ4n) is 3.29. The number of benzene rings is 3. The quantitative estimate of drug-likeness (QED) is 0.417. The zero-order valence-corrected chi connectivity index (χ0v) is 17.5. The lowest BCUT2D eigenvalue weighted by Gasteiger charge is -2.11. The summed E-state index contributed by atoms with van der Waals surface area (Å²) in [6.45, 7) is -1.11. The Hall–Kier alpha value is -4.40. The third kappa shape index (κ3) is 4.77. The van der Waals surface area contributed by atoms with E-state index in [0.717, 1.165) is 16.8 Å². The highest BCUT2D eigenvalue weighted by molar-refractivity contribution is 6.08. The lowest BCUT2D eigenvalue weighted by atomic mass is 10.1. The normalized spacial score (nSPS) is 10.7. The molecule has 3 aromatic carbocycles. The van der Waals surface area contributed by atoms with Crippen molar-refractivity contribution in [2.75, 3.05) is 25.6 Å². The molecule has 0 saturated carbocycles. The zero-order chi connectivity index (χ0) is 23.4. The highest BCUT2D eigenvalue weighted by Gasteiger charge is 2.16. The second-order valence-electron chi connectivity index (χ2n) is 7.02. The SMILES string of the molecule is COc1cc2c(cc1NC(=O)COC(=O)CNC(=O)c1ccccc1F)oc1ccccc12. The van der Waals surface area contributed by atoms with Gasteiger partial charge in [0.2, 0.25) is 0 Å². The van der Waals surface area contributed by atoms with Crippen LogP contribution in [0.3, 0.4) is 0 Å². The van der Waals surface area contributed by atoms with Gasteiger partial charge >= 0.3 is 5.97 Å². The Bertz CT molecular complexity index is 1360. The van der Waals surface area contributed by atoms with Gasteiger partial charge in [0.15, 0.2) is 6.61 Å².